The Bertz CT molecular complexity index is 571. The molecule has 2 rings (SSSR count). The molecule has 19 heavy (non-hydrogen) atoms. The van der Waals surface area contributed by atoms with Crippen molar-refractivity contribution in [2.24, 2.45) is 0 Å². The Morgan fingerprint density at radius 2 is 2.26 bits per heavy atom. The number of likely N-dealkylation sites (N-methyl/N-ethyl adjacent to an activating group) is 1. The predicted octanol–water partition coefficient (Wildman–Crippen LogP) is 2.32. The second-order valence-electron chi connectivity index (χ2n) is 4.54. The van der Waals surface area contributed by atoms with E-state index in [2.05, 4.69) is 22.1 Å². The number of rotatable bonds is 5. The number of hydrogen-bond donors (Lipinski definition) is 2. The number of nitrogen functional groups attached to an aromatic ring is 1. The summed E-state index contributed by atoms with van der Waals surface area (Å²) in [5, 5.41) is 3.89. The Morgan fingerprint density at radius 1 is 1.47 bits per heavy atom. The van der Waals surface area contributed by atoms with Crippen LogP contribution in [0.15, 0.2) is 24.4 Å². The fourth-order valence-electron chi connectivity index (χ4n) is 1.94. The molecule has 0 aliphatic heterocycles. The number of aromatic nitrogens is 1. The molecule has 0 atom stereocenters. The molecule has 0 fully saturated rings. The Labute approximate surface area is 112 Å². The lowest BCUT2D eigenvalue weighted by molar-refractivity contribution is 0.367. The maximum Gasteiger partial charge on any atom is 0.150 e. The Balaban J connectivity index is 2.27. The zero-order valence-corrected chi connectivity index (χ0v) is 11.3. The number of hydrogen-bond acceptors (Lipinski definition) is 4. The van der Waals surface area contributed by atoms with E-state index >= 15 is 0 Å². The highest BCUT2D eigenvalue weighted by molar-refractivity contribution is 5.98. The van der Waals surface area contributed by atoms with Gasteiger partial charge in [-0.25, -0.2) is 4.39 Å². The van der Waals surface area contributed by atoms with E-state index in [9.17, 15) is 4.39 Å². The van der Waals surface area contributed by atoms with Crippen molar-refractivity contribution < 1.29 is 4.39 Å². The summed E-state index contributed by atoms with van der Waals surface area (Å²) in [5.41, 5.74) is 7.23. The quantitative estimate of drug-likeness (QED) is 0.812. The van der Waals surface area contributed by atoms with Gasteiger partial charge < -0.3 is 16.0 Å². The third kappa shape index (κ3) is 2.93. The fourth-order valence-corrected chi connectivity index (χ4v) is 1.94. The normalized spacial score (nSPS) is 11.2. The number of pyridine rings is 1. The lowest BCUT2D eigenvalue weighted by Crippen LogP contribution is -2.25. The van der Waals surface area contributed by atoms with Gasteiger partial charge in [0.1, 0.15) is 0 Å². The summed E-state index contributed by atoms with van der Waals surface area (Å²) in [4.78, 5) is 6.38. The summed E-state index contributed by atoms with van der Waals surface area (Å²) in [7, 11) is 2.03. The van der Waals surface area contributed by atoms with E-state index in [4.69, 9.17) is 5.73 Å². The number of benzene rings is 1. The molecule has 0 saturated heterocycles. The molecule has 1 aromatic heterocycles. The van der Waals surface area contributed by atoms with Gasteiger partial charge in [-0.15, -0.1) is 0 Å². The Kier molecular flexibility index (Phi) is 4.16. The van der Waals surface area contributed by atoms with Crippen molar-refractivity contribution in [3.63, 3.8) is 0 Å². The molecule has 0 unspecified atom stereocenters. The number of nitrogens with zero attached hydrogens (tertiary/aromatic N) is 2. The summed E-state index contributed by atoms with van der Waals surface area (Å²) >= 11 is 0. The minimum absolute atomic E-state index is 0.358. The van der Waals surface area contributed by atoms with Crippen LogP contribution >= 0.6 is 0 Å². The fraction of sp³-hybridized carbons (Fsp3) is 0.357. The summed E-state index contributed by atoms with van der Waals surface area (Å²) < 4.78 is 14.0. The van der Waals surface area contributed by atoms with Gasteiger partial charge in [0.2, 0.25) is 0 Å². The van der Waals surface area contributed by atoms with Gasteiger partial charge in [0, 0.05) is 30.4 Å². The first-order chi connectivity index (χ1) is 9.13. The maximum absolute atomic E-state index is 14.0. The van der Waals surface area contributed by atoms with E-state index in [-0.39, 0.29) is 5.82 Å². The van der Waals surface area contributed by atoms with Crippen LogP contribution in [0.4, 0.5) is 15.8 Å². The third-order valence-electron chi connectivity index (χ3n) is 3.21. The smallest absolute Gasteiger partial charge is 0.150 e. The van der Waals surface area contributed by atoms with Crippen molar-refractivity contribution in [3.05, 3.63) is 30.2 Å². The highest BCUT2D eigenvalue weighted by Gasteiger charge is 2.11. The monoisotopic (exact) mass is 262 g/mol. The predicted molar refractivity (Wildman–Crippen MR) is 77.8 cm³/mol. The standard InChI is InChI=1S/C14H19FN4/c1-3-19(2)8-7-18-14-11(15)9-12(16)10-5-4-6-17-13(10)14/h4-6,9,18H,3,7-8,16H2,1-2H3. The second-order valence-corrected chi connectivity index (χ2v) is 4.54. The van der Waals surface area contributed by atoms with Crippen LogP contribution in [0.2, 0.25) is 0 Å². The lowest BCUT2D eigenvalue weighted by Gasteiger charge is -2.16. The van der Waals surface area contributed by atoms with Gasteiger partial charge in [-0.3, -0.25) is 4.98 Å². The van der Waals surface area contributed by atoms with Crippen molar-refractivity contribution >= 4 is 22.3 Å². The van der Waals surface area contributed by atoms with Crippen molar-refractivity contribution in [1.82, 2.24) is 9.88 Å². The van der Waals surface area contributed by atoms with Gasteiger partial charge >= 0.3 is 0 Å². The van der Waals surface area contributed by atoms with Crippen LogP contribution in [0.3, 0.4) is 0 Å². The van der Waals surface area contributed by atoms with E-state index in [0.717, 1.165) is 18.5 Å². The van der Waals surface area contributed by atoms with Crippen molar-refractivity contribution in [3.8, 4) is 0 Å². The van der Waals surface area contributed by atoms with E-state index in [1.807, 2.05) is 13.1 Å². The minimum Gasteiger partial charge on any atom is -0.398 e. The van der Waals surface area contributed by atoms with E-state index in [0.29, 0.717) is 23.4 Å². The maximum atomic E-state index is 14.0. The summed E-state index contributed by atoms with van der Waals surface area (Å²) in [5.74, 6) is -0.358. The molecule has 0 bridgehead atoms. The molecule has 0 amide bonds. The van der Waals surface area contributed by atoms with Crippen LogP contribution in [0.1, 0.15) is 6.92 Å². The van der Waals surface area contributed by atoms with Gasteiger partial charge in [-0.05, 0) is 31.8 Å². The average Bonchev–Trinajstić information content (AvgIpc) is 2.42. The third-order valence-corrected chi connectivity index (χ3v) is 3.21. The first-order valence-corrected chi connectivity index (χ1v) is 6.38. The van der Waals surface area contributed by atoms with Crippen LogP contribution in [0.5, 0.6) is 0 Å². The Hall–Kier alpha value is -1.88. The highest BCUT2D eigenvalue weighted by Crippen LogP contribution is 2.29. The molecule has 102 valence electrons. The van der Waals surface area contributed by atoms with Gasteiger partial charge in [-0.1, -0.05) is 6.92 Å². The van der Waals surface area contributed by atoms with Crippen LogP contribution in [0.25, 0.3) is 10.9 Å². The zero-order chi connectivity index (χ0) is 13.8. The van der Waals surface area contributed by atoms with Gasteiger partial charge in [0.25, 0.3) is 0 Å². The molecule has 0 aliphatic rings. The molecule has 1 aromatic carbocycles. The molecule has 0 saturated carbocycles. The first kappa shape index (κ1) is 13.5. The van der Waals surface area contributed by atoms with Crippen LogP contribution in [-0.2, 0) is 0 Å². The highest BCUT2D eigenvalue weighted by atomic mass is 19.1. The minimum atomic E-state index is -0.358. The van der Waals surface area contributed by atoms with Crippen LogP contribution in [-0.4, -0.2) is 36.6 Å². The van der Waals surface area contributed by atoms with Crippen molar-refractivity contribution in [1.29, 1.82) is 0 Å². The summed E-state index contributed by atoms with van der Waals surface area (Å²) in [6.45, 7) is 4.55. The number of halogens is 1. The number of fused-ring (bicyclic) bond motifs is 1. The number of nitrogens with one attached hydrogen (secondary N) is 1. The SMILES string of the molecule is CCN(C)CCNc1c(F)cc(N)c2cccnc12. The van der Waals surface area contributed by atoms with Crippen LogP contribution < -0.4 is 11.1 Å². The van der Waals surface area contributed by atoms with E-state index in [1.54, 1.807) is 12.3 Å². The van der Waals surface area contributed by atoms with Gasteiger partial charge in [0.15, 0.2) is 5.82 Å². The first-order valence-electron chi connectivity index (χ1n) is 6.38. The zero-order valence-electron chi connectivity index (χ0n) is 11.3. The second kappa shape index (κ2) is 5.84. The molecule has 5 heteroatoms. The Morgan fingerprint density at radius 3 is 3.00 bits per heavy atom. The lowest BCUT2D eigenvalue weighted by atomic mass is 10.1. The van der Waals surface area contributed by atoms with Crippen molar-refractivity contribution in [2.75, 3.05) is 37.7 Å². The molecule has 3 N–H and O–H groups in total. The average molecular weight is 262 g/mol. The number of anilines is 2. The molecule has 0 radical (unpaired) electrons. The molecule has 0 aliphatic carbocycles. The van der Waals surface area contributed by atoms with E-state index in [1.165, 1.54) is 6.07 Å². The number of nitrogens with two attached hydrogens (primary N) is 1. The molecular weight excluding hydrogens is 243 g/mol. The summed E-state index contributed by atoms with van der Waals surface area (Å²) in [6, 6.07) is 4.99. The summed E-state index contributed by atoms with van der Waals surface area (Å²) in [6.07, 6.45) is 1.64. The topological polar surface area (TPSA) is 54.2 Å². The molecule has 0 spiro atoms. The van der Waals surface area contributed by atoms with E-state index < -0.39 is 0 Å². The largest absolute Gasteiger partial charge is 0.398 e. The van der Waals surface area contributed by atoms with Gasteiger partial charge in [-0.2, -0.15) is 0 Å². The molecular formula is C14H19FN4. The molecule has 2 aromatic rings. The van der Waals surface area contributed by atoms with Gasteiger partial charge in [0.05, 0.1) is 11.2 Å². The van der Waals surface area contributed by atoms with Crippen molar-refractivity contribution in [2.45, 2.75) is 6.92 Å². The molecule has 1 heterocycles. The molecule has 4 nitrogen and oxygen atoms in total. The van der Waals surface area contributed by atoms with Crippen LogP contribution in [0, 0.1) is 5.82 Å².